The summed E-state index contributed by atoms with van der Waals surface area (Å²) >= 11 is 5.83. The van der Waals surface area contributed by atoms with Crippen LogP contribution in [0.1, 0.15) is 24.8 Å². The Morgan fingerprint density at radius 3 is 2.80 bits per heavy atom. The van der Waals surface area contributed by atoms with Gasteiger partial charge in [-0.1, -0.05) is 23.7 Å². The zero-order valence-electron chi connectivity index (χ0n) is 14.0. The Balaban J connectivity index is 1.51. The third-order valence-electron chi connectivity index (χ3n) is 4.46. The van der Waals surface area contributed by atoms with E-state index in [0.717, 1.165) is 24.9 Å². The molecule has 3 rings (SSSR count). The summed E-state index contributed by atoms with van der Waals surface area (Å²) in [5, 5.41) is 0.653. The van der Waals surface area contributed by atoms with Gasteiger partial charge < -0.3 is 9.64 Å². The first-order valence-electron chi connectivity index (χ1n) is 8.54. The van der Waals surface area contributed by atoms with E-state index in [1.165, 1.54) is 6.07 Å². The van der Waals surface area contributed by atoms with Crippen molar-refractivity contribution in [2.24, 2.45) is 0 Å². The second-order valence-corrected chi connectivity index (χ2v) is 6.71. The molecule has 1 aliphatic heterocycles. The summed E-state index contributed by atoms with van der Waals surface area (Å²) in [6.45, 7) is 1.10. The standard InChI is InChI=1S/C20H21ClFNO2/c21-16-6-8-19(9-7-16)25-12-10-20(24)23-11-2-5-18(23)14-15-3-1-4-17(22)13-15/h1,3-4,6-9,13,18H,2,5,10-12,14H2. The predicted octanol–water partition coefficient (Wildman–Crippen LogP) is 4.48. The fourth-order valence-electron chi connectivity index (χ4n) is 3.24. The van der Waals surface area contributed by atoms with Gasteiger partial charge in [0.25, 0.3) is 0 Å². The Morgan fingerprint density at radius 2 is 2.04 bits per heavy atom. The van der Waals surface area contributed by atoms with Gasteiger partial charge in [0, 0.05) is 17.6 Å². The molecule has 1 fully saturated rings. The molecule has 25 heavy (non-hydrogen) atoms. The lowest BCUT2D eigenvalue weighted by Crippen LogP contribution is -2.37. The number of benzene rings is 2. The fraction of sp³-hybridized carbons (Fsp3) is 0.350. The molecule has 2 aromatic rings. The summed E-state index contributed by atoms with van der Waals surface area (Å²) < 4.78 is 18.9. The molecular weight excluding hydrogens is 341 g/mol. The Morgan fingerprint density at radius 1 is 1.24 bits per heavy atom. The van der Waals surface area contributed by atoms with E-state index in [0.29, 0.717) is 30.2 Å². The average Bonchev–Trinajstić information content (AvgIpc) is 3.05. The fourth-order valence-corrected chi connectivity index (χ4v) is 3.37. The minimum atomic E-state index is -0.232. The first-order chi connectivity index (χ1) is 12.1. The Kier molecular flexibility index (Phi) is 5.92. The van der Waals surface area contributed by atoms with Crippen molar-refractivity contribution in [3.05, 3.63) is 64.9 Å². The van der Waals surface area contributed by atoms with Crippen LogP contribution in [0.4, 0.5) is 4.39 Å². The van der Waals surface area contributed by atoms with Crippen LogP contribution in [0.5, 0.6) is 5.75 Å². The van der Waals surface area contributed by atoms with Crippen molar-refractivity contribution in [2.45, 2.75) is 31.7 Å². The van der Waals surface area contributed by atoms with Crippen molar-refractivity contribution < 1.29 is 13.9 Å². The van der Waals surface area contributed by atoms with Crippen LogP contribution in [-0.2, 0) is 11.2 Å². The van der Waals surface area contributed by atoms with Crippen molar-refractivity contribution in [1.29, 1.82) is 0 Å². The average molecular weight is 362 g/mol. The summed E-state index contributed by atoms with van der Waals surface area (Å²) in [6, 6.07) is 13.8. The van der Waals surface area contributed by atoms with Gasteiger partial charge in [-0.2, -0.15) is 0 Å². The van der Waals surface area contributed by atoms with Crippen LogP contribution in [0.15, 0.2) is 48.5 Å². The highest BCUT2D eigenvalue weighted by atomic mass is 35.5. The molecule has 1 atom stereocenters. The van der Waals surface area contributed by atoms with Gasteiger partial charge in [0.05, 0.1) is 13.0 Å². The topological polar surface area (TPSA) is 29.5 Å². The predicted molar refractivity (Wildman–Crippen MR) is 96.4 cm³/mol. The number of amides is 1. The third-order valence-corrected chi connectivity index (χ3v) is 4.71. The Labute approximate surface area is 152 Å². The maximum absolute atomic E-state index is 13.3. The van der Waals surface area contributed by atoms with Crippen LogP contribution >= 0.6 is 11.6 Å². The number of ether oxygens (including phenoxy) is 1. The molecule has 1 aliphatic rings. The van der Waals surface area contributed by atoms with Crippen molar-refractivity contribution in [3.8, 4) is 5.75 Å². The van der Waals surface area contributed by atoms with E-state index in [9.17, 15) is 9.18 Å². The quantitative estimate of drug-likeness (QED) is 0.759. The molecule has 0 spiro atoms. The number of nitrogens with zero attached hydrogens (tertiary/aromatic N) is 1. The second kappa shape index (κ2) is 8.34. The van der Waals surface area contributed by atoms with Crippen LogP contribution in [0.25, 0.3) is 0 Å². The number of rotatable bonds is 6. The van der Waals surface area contributed by atoms with Crippen LogP contribution in [0, 0.1) is 5.82 Å². The lowest BCUT2D eigenvalue weighted by atomic mass is 10.0. The zero-order chi connectivity index (χ0) is 17.6. The molecule has 3 nitrogen and oxygen atoms in total. The van der Waals surface area contributed by atoms with Gasteiger partial charge >= 0.3 is 0 Å². The molecule has 1 amide bonds. The minimum Gasteiger partial charge on any atom is -0.493 e. The minimum absolute atomic E-state index is 0.0906. The highest BCUT2D eigenvalue weighted by Crippen LogP contribution is 2.23. The summed E-state index contributed by atoms with van der Waals surface area (Å²) in [5.41, 5.74) is 0.933. The maximum atomic E-state index is 13.3. The van der Waals surface area contributed by atoms with Gasteiger partial charge in [-0.05, 0) is 61.2 Å². The molecular formula is C20H21ClFNO2. The summed E-state index contributed by atoms with van der Waals surface area (Å²) in [4.78, 5) is 14.4. The molecule has 2 aromatic carbocycles. The number of likely N-dealkylation sites (tertiary alicyclic amines) is 1. The molecule has 1 saturated heterocycles. The highest BCUT2D eigenvalue weighted by molar-refractivity contribution is 6.30. The molecule has 132 valence electrons. The molecule has 0 N–H and O–H groups in total. The number of carbonyl (C=O) groups is 1. The Bertz CT molecular complexity index is 720. The van der Waals surface area contributed by atoms with Crippen molar-refractivity contribution in [1.82, 2.24) is 4.90 Å². The monoisotopic (exact) mass is 361 g/mol. The summed E-state index contributed by atoms with van der Waals surface area (Å²) in [6.07, 6.45) is 2.98. The zero-order valence-corrected chi connectivity index (χ0v) is 14.7. The van der Waals surface area contributed by atoms with Crippen molar-refractivity contribution >= 4 is 17.5 Å². The van der Waals surface area contributed by atoms with E-state index in [2.05, 4.69) is 0 Å². The number of halogens is 2. The molecule has 0 aliphatic carbocycles. The molecule has 0 aromatic heterocycles. The number of hydrogen-bond acceptors (Lipinski definition) is 2. The van der Waals surface area contributed by atoms with Gasteiger partial charge in [0.2, 0.25) is 5.91 Å². The van der Waals surface area contributed by atoms with Crippen LogP contribution in [0.2, 0.25) is 5.02 Å². The van der Waals surface area contributed by atoms with Crippen LogP contribution < -0.4 is 4.74 Å². The van der Waals surface area contributed by atoms with Gasteiger partial charge in [-0.25, -0.2) is 4.39 Å². The SMILES string of the molecule is O=C(CCOc1ccc(Cl)cc1)N1CCCC1Cc1cccc(F)c1. The van der Waals surface area contributed by atoms with E-state index in [-0.39, 0.29) is 17.8 Å². The van der Waals surface area contributed by atoms with Crippen LogP contribution in [0.3, 0.4) is 0 Å². The molecule has 0 saturated carbocycles. The second-order valence-electron chi connectivity index (χ2n) is 6.27. The summed E-state index contributed by atoms with van der Waals surface area (Å²) in [7, 11) is 0. The van der Waals surface area contributed by atoms with E-state index in [1.54, 1.807) is 36.4 Å². The largest absolute Gasteiger partial charge is 0.493 e. The molecule has 5 heteroatoms. The summed E-state index contributed by atoms with van der Waals surface area (Å²) in [5.74, 6) is 0.563. The molecule has 0 radical (unpaired) electrons. The van der Waals surface area contributed by atoms with E-state index in [4.69, 9.17) is 16.3 Å². The van der Waals surface area contributed by atoms with Crippen LogP contribution in [-0.4, -0.2) is 30.0 Å². The molecule has 0 bridgehead atoms. The lowest BCUT2D eigenvalue weighted by molar-refractivity contribution is -0.132. The van der Waals surface area contributed by atoms with Gasteiger partial charge in [-0.3, -0.25) is 4.79 Å². The highest BCUT2D eigenvalue weighted by Gasteiger charge is 2.28. The first-order valence-corrected chi connectivity index (χ1v) is 8.92. The lowest BCUT2D eigenvalue weighted by Gasteiger charge is -2.25. The molecule has 1 unspecified atom stereocenters. The number of hydrogen-bond donors (Lipinski definition) is 0. The Hall–Kier alpha value is -2.07. The third kappa shape index (κ3) is 4.95. The van der Waals surface area contributed by atoms with Crippen molar-refractivity contribution in [3.63, 3.8) is 0 Å². The smallest absolute Gasteiger partial charge is 0.226 e. The normalized spacial score (nSPS) is 16.9. The van der Waals surface area contributed by atoms with Crippen molar-refractivity contribution in [2.75, 3.05) is 13.2 Å². The van der Waals surface area contributed by atoms with Gasteiger partial charge in [0.15, 0.2) is 0 Å². The maximum Gasteiger partial charge on any atom is 0.226 e. The van der Waals surface area contributed by atoms with E-state index < -0.39 is 0 Å². The first kappa shape index (κ1) is 17.7. The van der Waals surface area contributed by atoms with Gasteiger partial charge in [0.1, 0.15) is 11.6 Å². The molecule has 1 heterocycles. The van der Waals surface area contributed by atoms with Gasteiger partial charge in [-0.15, -0.1) is 0 Å². The van der Waals surface area contributed by atoms with E-state index >= 15 is 0 Å². The number of carbonyl (C=O) groups excluding carboxylic acids is 1. The van der Waals surface area contributed by atoms with E-state index in [1.807, 2.05) is 11.0 Å².